The van der Waals surface area contributed by atoms with Gasteiger partial charge in [-0.3, -0.25) is 0 Å². The Morgan fingerprint density at radius 2 is 1.60 bits per heavy atom. The van der Waals surface area contributed by atoms with Crippen LogP contribution in [0.2, 0.25) is 0 Å². The fourth-order valence-electron chi connectivity index (χ4n) is 0.160. The summed E-state index contributed by atoms with van der Waals surface area (Å²) in [7, 11) is 0.706. The maximum absolute atomic E-state index is 10.0. The smallest absolute Gasteiger partial charge is 0.435 e. The lowest BCUT2D eigenvalue weighted by molar-refractivity contribution is -0.662. The summed E-state index contributed by atoms with van der Waals surface area (Å²) in [5, 5.41) is 16.3. The van der Waals surface area contributed by atoms with Crippen LogP contribution < -0.4 is 0 Å². The van der Waals surface area contributed by atoms with E-state index in [1.54, 1.807) is 0 Å². The monoisotopic (exact) mass is 147 g/mol. The van der Waals surface area contributed by atoms with E-state index in [0.29, 0.717) is 7.05 Å². The number of imide groups is 3. The van der Waals surface area contributed by atoms with Gasteiger partial charge in [-0.15, -0.1) is 0 Å². The maximum Gasteiger partial charge on any atom is 0.532 e. The van der Waals surface area contributed by atoms with Crippen LogP contribution in [0.3, 0.4) is 0 Å². The van der Waals surface area contributed by atoms with Crippen LogP contribution in [0.25, 0.3) is 0 Å². The lowest BCUT2D eigenvalue weighted by Crippen LogP contribution is -2.51. The second-order valence-corrected chi connectivity index (χ2v) is 1.66. The summed E-state index contributed by atoms with van der Waals surface area (Å²) in [6.07, 6.45) is -2.69. The van der Waals surface area contributed by atoms with Crippen LogP contribution in [-0.4, -0.2) is 40.3 Å². The van der Waals surface area contributed by atoms with Gasteiger partial charge in [0.1, 0.15) is 0 Å². The van der Waals surface area contributed by atoms with Crippen LogP contribution in [0.15, 0.2) is 0 Å². The minimum absolute atomic E-state index is 0.706. The van der Waals surface area contributed by atoms with E-state index >= 15 is 0 Å². The van der Waals surface area contributed by atoms with E-state index in [2.05, 4.69) is 0 Å². The summed E-state index contributed by atoms with van der Waals surface area (Å²) in [5.41, 5.74) is 0. The van der Waals surface area contributed by atoms with Crippen LogP contribution in [0.4, 0.5) is 9.59 Å². The van der Waals surface area contributed by atoms with Gasteiger partial charge in [-0.25, -0.2) is 4.79 Å². The second kappa shape index (κ2) is 2.44. The second-order valence-electron chi connectivity index (χ2n) is 1.66. The van der Waals surface area contributed by atoms with Crippen LogP contribution in [0.5, 0.6) is 0 Å². The SMILES string of the molecule is C[N+]([C]=O)(C(=O)O)C(=O)O. The lowest BCUT2D eigenvalue weighted by Gasteiger charge is -2.09. The molecule has 0 aromatic heterocycles. The molecule has 6 nitrogen and oxygen atoms in total. The molecule has 55 valence electrons. The highest BCUT2D eigenvalue weighted by molar-refractivity contribution is 5.82. The van der Waals surface area contributed by atoms with Gasteiger partial charge >= 0.3 is 18.6 Å². The van der Waals surface area contributed by atoms with Gasteiger partial charge in [0, 0.05) is 0 Å². The predicted molar refractivity (Wildman–Crippen MR) is 27.9 cm³/mol. The van der Waals surface area contributed by atoms with E-state index in [0.717, 1.165) is 6.41 Å². The van der Waals surface area contributed by atoms with Crippen LogP contribution in [0, 0.1) is 0 Å². The quantitative estimate of drug-likeness (QED) is 0.503. The number of rotatable bonds is 1. The Hall–Kier alpha value is -1.43. The topological polar surface area (TPSA) is 91.7 Å². The fraction of sp³-hybridized carbons (Fsp3) is 0.250. The maximum atomic E-state index is 10.0. The summed E-state index contributed by atoms with van der Waals surface area (Å²) in [6.45, 7) is 0. The zero-order valence-corrected chi connectivity index (χ0v) is 5.07. The summed E-state index contributed by atoms with van der Waals surface area (Å²) in [4.78, 5) is 29.8. The molecule has 0 aliphatic carbocycles. The minimum atomic E-state index is -1.79. The first-order valence-corrected chi connectivity index (χ1v) is 2.18. The molecule has 0 spiro atoms. The van der Waals surface area contributed by atoms with Gasteiger partial charge in [-0.1, -0.05) is 4.48 Å². The summed E-state index contributed by atoms with van der Waals surface area (Å²) in [5.74, 6) is 0. The number of carboxylic acid groups (broad SMARTS) is 2. The largest absolute Gasteiger partial charge is 0.532 e. The average molecular weight is 147 g/mol. The van der Waals surface area contributed by atoms with Crippen molar-refractivity contribution in [3.63, 3.8) is 0 Å². The highest BCUT2D eigenvalue weighted by Crippen LogP contribution is 1.98. The molecule has 0 aliphatic heterocycles. The third kappa shape index (κ3) is 1.11. The van der Waals surface area contributed by atoms with E-state index in [4.69, 9.17) is 10.2 Å². The van der Waals surface area contributed by atoms with Crippen molar-refractivity contribution in [3.05, 3.63) is 0 Å². The Balaban J connectivity index is 4.72. The van der Waals surface area contributed by atoms with Crippen LogP contribution in [-0.2, 0) is 4.79 Å². The highest BCUT2D eigenvalue weighted by atomic mass is 16.4. The van der Waals surface area contributed by atoms with Crippen molar-refractivity contribution in [2.75, 3.05) is 7.05 Å². The van der Waals surface area contributed by atoms with Crippen molar-refractivity contribution < 1.29 is 29.1 Å². The summed E-state index contributed by atoms with van der Waals surface area (Å²) < 4.78 is -1.79. The zero-order valence-electron chi connectivity index (χ0n) is 5.07. The molecule has 0 bridgehead atoms. The summed E-state index contributed by atoms with van der Waals surface area (Å²) in [6, 6.07) is 0. The summed E-state index contributed by atoms with van der Waals surface area (Å²) >= 11 is 0. The third-order valence-corrected chi connectivity index (χ3v) is 0.948. The molecule has 0 unspecified atom stereocenters. The van der Waals surface area contributed by atoms with E-state index in [-0.39, 0.29) is 0 Å². The van der Waals surface area contributed by atoms with Crippen molar-refractivity contribution in [1.29, 1.82) is 0 Å². The van der Waals surface area contributed by atoms with Gasteiger partial charge in [-0.05, 0) is 0 Å². The molecule has 2 N–H and O–H groups in total. The number of carbonyl (C=O) groups excluding carboxylic acids is 1. The van der Waals surface area contributed by atoms with Gasteiger partial charge in [0.2, 0.25) is 0 Å². The van der Waals surface area contributed by atoms with E-state index in [9.17, 15) is 14.4 Å². The van der Waals surface area contributed by atoms with Crippen molar-refractivity contribution in [2.45, 2.75) is 0 Å². The molecule has 3 amide bonds. The predicted octanol–water partition coefficient (Wildman–Crippen LogP) is -0.144. The third-order valence-electron chi connectivity index (χ3n) is 0.948. The molecule has 0 atom stereocenters. The molecule has 0 heterocycles. The van der Waals surface area contributed by atoms with Gasteiger partial charge in [0.25, 0.3) is 0 Å². The molecule has 0 aromatic carbocycles. The number of hydrogen-bond donors (Lipinski definition) is 2. The molecule has 0 aliphatic rings. The molecule has 10 heavy (non-hydrogen) atoms. The molecular weight excluding hydrogens is 142 g/mol. The van der Waals surface area contributed by atoms with Crippen LogP contribution >= 0.6 is 0 Å². The Morgan fingerprint density at radius 3 is 1.60 bits per heavy atom. The number of nitrogens with zero attached hydrogens (tertiary/aromatic N) is 1. The molecule has 0 saturated heterocycles. The van der Waals surface area contributed by atoms with E-state index in [1.807, 2.05) is 0 Å². The first-order chi connectivity index (χ1) is 4.45. The van der Waals surface area contributed by atoms with Gasteiger partial charge in [0.15, 0.2) is 0 Å². The minimum Gasteiger partial charge on any atom is -0.435 e. The van der Waals surface area contributed by atoms with Crippen molar-refractivity contribution in [1.82, 2.24) is 0 Å². The van der Waals surface area contributed by atoms with Crippen molar-refractivity contribution >= 4 is 18.6 Å². The Labute approximate surface area is 55.9 Å². The standard InChI is InChI=1S/C4H5NO5/c1-5(2-6,3(7)8)4(9)10/h1H3,(H,7,8)(H,9,10)/q+1. The molecule has 6 heteroatoms. The average Bonchev–Trinajstić information content (AvgIpc) is 1.85. The number of quaternary nitrogens is 1. The molecule has 0 rings (SSSR count). The Morgan fingerprint density at radius 1 is 1.30 bits per heavy atom. The molecule has 0 fully saturated rings. The highest BCUT2D eigenvalue weighted by Gasteiger charge is 2.43. The first kappa shape index (κ1) is 8.57. The molecular formula is C4H5NO5+. The van der Waals surface area contributed by atoms with E-state index < -0.39 is 16.7 Å². The lowest BCUT2D eigenvalue weighted by atomic mass is 10.6. The zero-order chi connectivity index (χ0) is 8.36. The van der Waals surface area contributed by atoms with Gasteiger partial charge in [-0.2, -0.15) is 9.59 Å². The van der Waals surface area contributed by atoms with Gasteiger partial charge < -0.3 is 10.2 Å². The Kier molecular flexibility index (Phi) is 2.09. The molecule has 1 radical (unpaired) electrons. The molecule has 0 aromatic rings. The molecule has 0 saturated carbocycles. The number of amides is 3. The first-order valence-electron chi connectivity index (χ1n) is 2.18. The van der Waals surface area contributed by atoms with Crippen molar-refractivity contribution in [2.24, 2.45) is 0 Å². The normalized spacial score (nSPS) is 10.5. The fourth-order valence-corrected chi connectivity index (χ4v) is 0.160. The number of hydrogen-bond acceptors (Lipinski definition) is 3. The van der Waals surface area contributed by atoms with E-state index in [1.165, 1.54) is 0 Å². The Bertz CT molecular complexity index is 172. The number of carbonyl (C=O) groups is 2. The van der Waals surface area contributed by atoms with Crippen molar-refractivity contribution in [3.8, 4) is 0 Å². The van der Waals surface area contributed by atoms with Gasteiger partial charge in [0.05, 0.1) is 7.05 Å². The van der Waals surface area contributed by atoms with Crippen LogP contribution in [0.1, 0.15) is 0 Å².